The number of amides is 1. The van der Waals surface area contributed by atoms with E-state index in [-0.39, 0.29) is 30.1 Å². The molecule has 1 amide bonds. The van der Waals surface area contributed by atoms with E-state index in [4.69, 9.17) is 0 Å². The molecule has 2 N–H and O–H groups in total. The third-order valence-electron chi connectivity index (χ3n) is 4.54. The Labute approximate surface area is 173 Å². The molecule has 0 aliphatic rings. The van der Waals surface area contributed by atoms with Crippen molar-refractivity contribution in [2.45, 2.75) is 71.9 Å². The van der Waals surface area contributed by atoms with Gasteiger partial charge in [-0.05, 0) is 46.1 Å². The summed E-state index contributed by atoms with van der Waals surface area (Å²) in [6, 6.07) is 8.91. The summed E-state index contributed by atoms with van der Waals surface area (Å²) in [6.07, 6.45) is 1.81. The first-order chi connectivity index (χ1) is 13.5. The van der Waals surface area contributed by atoms with Crippen LogP contribution < -0.4 is 10.6 Å². The van der Waals surface area contributed by atoms with Crippen LogP contribution in [0.15, 0.2) is 30.3 Å². The van der Waals surface area contributed by atoms with Gasteiger partial charge in [0, 0.05) is 17.9 Å². The maximum Gasteiger partial charge on any atom is 0.289 e. The normalized spacial score (nSPS) is 13.4. The van der Waals surface area contributed by atoms with Gasteiger partial charge in [0.05, 0.1) is 12.6 Å². The van der Waals surface area contributed by atoms with Crippen molar-refractivity contribution in [2.75, 3.05) is 6.54 Å². The molecule has 1 aromatic carbocycles. The van der Waals surface area contributed by atoms with Crippen LogP contribution in [0.25, 0.3) is 0 Å². The second kappa shape index (κ2) is 11.6. The molecular weight excluding hydrogens is 368 g/mol. The fraction of sp³-hybridized carbons (Fsp3) is 0.565. The van der Waals surface area contributed by atoms with Crippen molar-refractivity contribution in [2.24, 2.45) is 5.92 Å². The van der Waals surface area contributed by atoms with Gasteiger partial charge in [-0.3, -0.25) is 19.2 Å². The molecule has 160 valence electrons. The smallest absolute Gasteiger partial charge is 0.289 e. The summed E-state index contributed by atoms with van der Waals surface area (Å²) < 4.78 is 0. The fourth-order valence-corrected chi connectivity index (χ4v) is 3.11. The van der Waals surface area contributed by atoms with Gasteiger partial charge in [-0.1, -0.05) is 43.7 Å². The van der Waals surface area contributed by atoms with E-state index in [0.717, 1.165) is 12.0 Å². The van der Waals surface area contributed by atoms with Crippen LogP contribution in [0.3, 0.4) is 0 Å². The zero-order valence-electron chi connectivity index (χ0n) is 18.2. The van der Waals surface area contributed by atoms with E-state index < -0.39 is 23.7 Å². The average Bonchev–Trinajstić information content (AvgIpc) is 2.64. The zero-order chi connectivity index (χ0) is 22.0. The molecule has 0 bridgehead atoms. The molecule has 0 saturated heterocycles. The molecule has 2 atom stereocenters. The highest BCUT2D eigenvalue weighted by molar-refractivity contribution is 6.38. The molecule has 1 aromatic rings. The molecule has 1 rings (SSSR count). The average molecular weight is 403 g/mol. The first kappa shape index (κ1) is 24.7. The summed E-state index contributed by atoms with van der Waals surface area (Å²) in [5.74, 6) is -2.11. The molecular formula is C23H34N2O4. The predicted molar refractivity (Wildman–Crippen MR) is 114 cm³/mol. The molecule has 6 heteroatoms. The predicted octanol–water partition coefficient (Wildman–Crippen LogP) is 2.64. The molecule has 0 spiro atoms. The van der Waals surface area contributed by atoms with Gasteiger partial charge in [0.1, 0.15) is 5.78 Å². The summed E-state index contributed by atoms with van der Waals surface area (Å²) in [5.41, 5.74) is 0.674. The minimum Gasteiger partial charge on any atom is -0.342 e. The Bertz CT molecular complexity index is 707. The molecule has 0 radical (unpaired) electrons. The van der Waals surface area contributed by atoms with Crippen molar-refractivity contribution in [1.29, 1.82) is 0 Å². The number of benzene rings is 1. The minimum absolute atomic E-state index is 0.0390. The number of nitrogens with one attached hydrogen (secondary N) is 2. The van der Waals surface area contributed by atoms with E-state index in [1.807, 2.05) is 58.0 Å². The number of Topliss-reactive ketones (excluding diaryl/α,β-unsaturated/α-hetero) is 3. The summed E-state index contributed by atoms with van der Waals surface area (Å²) in [4.78, 5) is 48.9. The van der Waals surface area contributed by atoms with Gasteiger partial charge in [0.15, 0.2) is 5.78 Å². The van der Waals surface area contributed by atoms with Crippen molar-refractivity contribution >= 4 is 23.3 Å². The first-order valence-corrected chi connectivity index (χ1v) is 10.2. The number of hydrogen-bond donors (Lipinski definition) is 2. The van der Waals surface area contributed by atoms with Crippen molar-refractivity contribution in [3.05, 3.63) is 35.9 Å². The molecule has 0 aliphatic carbocycles. The maximum atomic E-state index is 12.5. The summed E-state index contributed by atoms with van der Waals surface area (Å²) in [5, 5.41) is 5.59. The third-order valence-corrected chi connectivity index (χ3v) is 4.54. The first-order valence-electron chi connectivity index (χ1n) is 10.2. The van der Waals surface area contributed by atoms with Crippen LogP contribution in [-0.4, -0.2) is 41.4 Å². The van der Waals surface area contributed by atoms with Crippen LogP contribution >= 0.6 is 0 Å². The quantitative estimate of drug-likeness (QED) is 0.524. The summed E-state index contributed by atoms with van der Waals surface area (Å²) >= 11 is 0. The second-order valence-corrected chi connectivity index (χ2v) is 8.52. The molecule has 29 heavy (non-hydrogen) atoms. The highest BCUT2D eigenvalue weighted by Gasteiger charge is 2.28. The topological polar surface area (TPSA) is 92.3 Å². The second-order valence-electron chi connectivity index (χ2n) is 8.52. The summed E-state index contributed by atoms with van der Waals surface area (Å²) in [6.45, 7) is 8.95. The van der Waals surface area contributed by atoms with Gasteiger partial charge in [0.25, 0.3) is 5.91 Å². The Hall–Kier alpha value is -2.34. The summed E-state index contributed by atoms with van der Waals surface area (Å²) in [7, 11) is 0. The van der Waals surface area contributed by atoms with Crippen molar-refractivity contribution in [1.82, 2.24) is 10.6 Å². The zero-order valence-corrected chi connectivity index (χ0v) is 18.2. The molecule has 2 unspecified atom stereocenters. The van der Waals surface area contributed by atoms with Crippen LogP contribution in [-0.2, 0) is 25.6 Å². The Morgan fingerprint density at radius 1 is 1.03 bits per heavy atom. The number of rotatable bonds is 12. The lowest BCUT2D eigenvalue weighted by Gasteiger charge is -2.27. The lowest BCUT2D eigenvalue weighted by atomic mass is 9.91. The van der Waals surface area contributed by atoms with Crippen molar-refractivity contribution in [3.8, 4) is 0 Å². The van der Waals surface area contributed by atoms with Gasteiger partial charge in [-0.15, -0.1) is 0 Å². The van der Waals surface area contributed by atoms with E-state index in [1.165, 1.54) is 6.92 Å². The monoisotopic (exact) mass is 402 g/mol. The largest absolute Gasteiger partial charge is 0.342 e. The van der Waals surface area contributed by atoms with Crippen LogP contribution in [0.4, 0.5) is 0 Å². The van der Waals surface area contributed by atoms with Gasteiger partial charge in [0.2, 0.25) is 5.78 Å². The Morgan fingerprint density at radius 3 is 2.17 bits per heavy atom. The van der Waals surface area contributed by atoms with Crippen LogP contribution in [0.5, 0.6) is 0 Å². The van der Waals surface area contributed by atoms with Crippen LogP contribution in [0.1, 0.15) is 59.4 Å². The van der Waals surface area contributed by atoms with Crippen LogP contribution in [0, 0.1) is 5.92 Å². The molecule has 0 saturated carbocycles. The number of hydrogen-bond acceptors (Lipinski definition) is 5. The van der Waals surface area contributed by atoms with E-state index in [1.54, 1.807) is 0 Å². The number of carbonyl (C=O) groups is 4. The molecule has 0 aromatic heterocycles. The van der Waals surface area contributed by atoms with E-state index in [9.17, 15) is 19.2 Å². The van der Waals surface area contributed by atoms with E-state index >= 15 is 0 Å². The Morgan fingerprint density at radius 2 is 1.66 bits per heavy atom. The Kier molecular flexibility index (Phi) is 9.89. The lowest BCUT2D eigenvalue weighted by Crippen LogP contribution is -2.52. The molecule has 6 nitrogen and oxygen atoms in total. The van der Waals surface area contributed by atoms with Gasteiger partial charge < -0.3 is 10.6 Å². The van der Waals surface area contributed by atoms with Crippen molar-refractivity contribution < 1.29 is 19.2 Å². The molecule has 0 fully saturated rings. The van der Waals surface area contributed by atoms with Gasteiger partial charge >= 0.3 is 0 Å². The highest BCUT2D eigenvalue weighted by Crippen LogP contribution is 2.14. The number of carbonyl (C=O) groups excluding carboxylic acids is 4. The fourth-order valence-electron chi connectivity index (χ4n) is 3.11. The van der Waals surface area contributed by atoms with Crippen LogP contribution in [0.2, 0.25) is 0 Å². The van der Waals surface area contributed by atoms with Gasteiger partial charge in [-0.2, -0.15) is 0 Å². The number of ketones is 3. The maximum absolute atomic E-state index is 12.5. The van der Waals surface area contributed by atoms with E-state index in [0.29, 0.717) is 12.8 Å². The standard InChI is InChI=1S/C23H34N2O4/c1-6-10-20(25-23(3,4)5)21(28)22(29)24-15-19(27)14-18(16(2)26)13-17-11-8-7-9-12-17/h7-9,11-12,18,20,25H,6,10,13-15H2,1-5H3,(H,24,29). The Balaban J connectivity index is 2.61. The molecule has 0 heterocycles. The third kappa shape index (κ3) is 9.61. The molecule has 0 aliphatic heterocycles. The lowest BCUT2D eigenvalue weighted by molar-refractivity contribution is -0.140. The minimum atomic E-state index is -0.768. The van der Waals surface area contributed by atoms with Gasteiger partial charge in [-0.25, -0.2) is 0 Å². The van der Waals surface area contributed by atoms with E-state index in [2.05, 4.69) is 10.6 Å². The SMILES string of the molecule is CCCC(NC(C)(C)C)C(=O)C(=O)NCC(=O)CC(Cc1ccccc1)C(C)=O. The van der Waals surface area contributed by atoms with Crippen molar-refractivity contribution in [3.63, 3.8) is 0 Å². The highest BCUT2D eigenvalue weighted by atomic mass is 16.2.